The topological polar surface area (TPSA) is 63.3 Å². The van der Waals surface area contributed by atoms with Crippen molar-refractivity contribution in [1.29, 1.82) is 0 Å². The van der Waals surface area contributed by atoms with Gasteiger partial charge in [-0.05, 0) is 61.3 Å². The number of aliphatic hydroxyl groups excluding tert-OH is 1. The average Bonchev–Trinajstić information content (AvgIpc) is 3.54. The van der Waals surface area contributed by atoms with Gasteiger partial charge in [0.2, 0.25) is 6.43 Å². The Balaban J connectivity index is 0.000000389. The number of alkyl halides is 2. The number of benzene rings is 3. The van der Waals surface area contributed by atoms with Crippen molar-refractivity contribution >= 4 is 27.5 Å². The Hall–Kier alpha value is -3.67. The second kappa shape index (κ2) is 18.4. The van der Waals surface area contributed by atoms with Crippen LogP contribution in [0, 0.1) is 23.3 Å². The Kier molecular flexibility index (Phi) is 15.1. The molecule has 52 heavy (non-hydrogen) atoms. The molecule has 7 heteroatoms. The van der Waals surface area contributed by atoms with Crippen LogP contribution in [0.25, 0.3) is 44.3 Å². The minimum Gasteiger partial charge on any atom is -0.512 e. The summed E-state index contributed by atoms with van der Waals surface area (Å²) in [5.74, 6) is 1.24. The first kappa shape index (κ1) is 42.7. The molecule has 0 atom stereocenters. The minimum atomic E-state index is -2.40. The van der Waals surface area contributed by atoms with E-state index in [-0.39, 0.29) is 55.3 Å². The van der Waals surface area contributed by atoms with Gasteiger partial charge in [-0.25, -0.2) is 8.78 Å². The number of hydrogen-bond acceptors (Lipinski definition) is 4. The quantitative estimate of drug-likeness (QED) is 0.0770. The van der Waals surface area contributed by atoms with Gasteiger partial charge in [-0.2, -0.15) is 0 Å². The van der Waals surface area contributed by atoms with Gasteiger partial charge in [0.05, 0.1) is 5.76 Å². The molecule has 0 fully saturated rings. The van der Waals surface area contributed by atoms with Gasteiger partial charge in [0.25, 0.3) is 0 Å². The van der Waals surface area contributed by atoms with E-state index in [9.17, 15) is 18.7 Å². The molecule has 4 nitrogen and oxygen atoms in total. The van der Waals surface area contributed by atoms with Gasteiger partial charge in [0, 0.05) is 66.3 Å². The van der Waals surface area contributed by atoms with Crippen LogP contribution in [-0.2, 0) is 36.7 Å². The Morgan fingerprint density at radius 2 is 1.52 bits per heavy atom. The number of rotatable bonds is 12. The van der Waals surface area contributed by atoms with E-state index in [1.165, 1.54) is 17.0 Å². The van der Waals surface area contributed by atoms with Crippen LogP contribution in [0.1, 0.15) is 99.1 Å². The van der Waals surface area contributed by atoms with Crippen molar-refractivity contribution in [3.63, 3.8) is 0 Å². The van der Waals surface area contributed by atoms with E-state index in [0.29, 0.717) is 11.3 Å². The zero-order chi connectivity index (χ0) is 37.5. The molecular weight excluding hydrogens is 833 g/mol. The van der Waals surface area contributed by atoms with Crippen molar-refractivity contribution in [2.45, 2.75) is 106 Å². The second-order valence-corrected chi connectivity index (χ2v) is 15.2. The molecule has 0 spiro atoms. The minimum absolute atomic E-state index is 0. The van der Waals surface area contributed by atoms with E-state index in [2.05, 4.69) is 56.1 Å². The molecular formula is C45H54F2IrNO3-. The fraction of sp³-hybridized carbons (Fsp3) is 0.422. The molecule has 0 amide bonds. The maximum atomic E-state index is 13.5. The Labute approximate surface area is 322 Å². The van der Waals surface area contributed by atoms with Crippen LogP contribution in [0.15, 0.2) is 89.2 Å². The zero-order valence-electron chi connectivity index (χ0n) is 32.1. The molecule has 2 aromatic heterocycles. The number of aromatic nitrogens is 1. The summed E-state index contributed by atoms with van der Waals surface area (Å²) in [6.45, 7) is 17.9. The summed E-state index contributed by atoms with van der Waals surface area (Å²) < 4.78 is 33.3. The van der Waals surface area contributed by atoms with Crippen LogP contribution < -0.4 is 0 Å². The van der Waals surface area contributed by atoms with Crippen LogP contribution >= 0.6 is 0 Å². The predicted molar refractivity (Wildman–Crippen MR) is 207 cm³/mol. The van der Waals surface area contributed by atoms with Crippen LogP contribution in [0.3, 0.4) is 0 Å². The molecule has 281 valence electrons. The number of aliphatic hydroxyl groups is 1. The van der Waals surface area contributed by atoms with Crippen molar-refractivity contribution in [2.24, 2.45) is 17.3 Å². The number of carbonyl (C=O) groups is 1. The number of nitrogens with zero attached hydrogens (tertiary/aromatic N) is 1. The smallest absolute Gasteiger partial charge is 0.243 e. The van der Waals surface area contributed by atoms with E-state index in [0.717, 1.165) is 58.8 Å². The van der Waals surface area contributed by atoms with Crippen LogP contribution in [-0.4, -0.2) is 22.3 Å². The van der Waals surface area contributed by atoms with Gasteiger partial charge < -0.3 is 9.52 Å². The van der Waals surface area contributed by atoms with Crippen molar-refractivity contribution in [1.82, 2.24) is 4.98 Å². The third-order valence-electron chi connectivity index (χ3n) is 9.87. The molecule has 3 aromatic carbocycles. The first-order chi connectivity index (χ1) is 24.1. The van der Waals surface area contributed by atoms with Gasteiger partial charge in [-0.15, -0.1) is 29.1 Å². The standard InChI is InChI=1S/C32H30F2NO.C13H24O2.Ir/c1-31(2,3)26-16-23(15-20-9-6-7-11-24(20)26)27-17-21(13-14-35-27)29-18-25-22(10-8-12-28(25)36-29)19-32(4,5)30(33)34;1-5-10(6-2)12(14)9-13(15)11(7-3)8-4;/h6-14,16-18,30H,19H2,1-5H3;9-11,14H,5-8H2,1-4H3;/q-1;;/b;12-9-;. The van der Waals surface area contributed by atoms with E-state index < -0.39 is 11.8 Å². The number of pyridine rings is 1. The molecule has 1 N–H and O–H groups in total. The fourth-order valence-electron chi connectivity index (χ4n) is 6.49. The fourth-order valence-corrected chi connectivity index (χ4v) is 6.49. The summed E-state index contributed by atoms with van der Waals surface area (Å²) in [5.41, 5.74) is 4.26. The molecule has 0 unspecified atom stereocenters. The number of hydrogen-bond donors (Lipinski definition) is 1. The maximum absolute atomic E-state index is 13.5. The van der Waals surface area contributed by atoms with Gasteiger partial charge in [0.15, 0.2) is 5.78 Å². The molecule has 0 aliphatic heterocycles. The van der Waals surface area contributed by atoms with Crippen LogP contribution in [0.5, 0.6) is 0 Å². The summed E-state index contributed by atoms with van der Waals surface area (Å²) in [6.07, 6.45) is 4.55. The molecule has 0 bridgehead atoms. The summed E-state index contributed by atoms with van der Waals surface area (Å²) in [7, 11) is 0. The Morgan fingerprint density at radius 1 is 0.865 bits per heavy atom. The summed E-state index contributed by atoms with van der Waals surface area (Å²) in [5, 5.41) is 12.9. The Morgan fingerprint density at radius 3 is 2.13 bits per heavy atom. The van der Waals surface area contributed by atoms with Gasteiger partial charge in [0.1, 0.15) is 11.3 Å². The molecule has 0 saturated heterocycles. The van der Waals surface area contributed by atoms with Crippen molar-refractivity contribution in [2.75, 3.05) is 0 Å². The largest absolute Gasteiger partial charge is 0.512 e. The second-order valence-electron chi connectivity index (χ2n) is 15.2. The molecule has 0 aliphatic rings. The van der Waals surface area contributed by atoms with Gasteiger partial charge in [-0.1, -0.05) is 110 Å². The van der Waals surface area contributed by atoms with E-state index in [1.54, 1.807) is 20.0 Å². The van der Waals surface area contributed by atoms with E-state index >= 15 is 0 Å². The number of fused-ring (bicyclic) bond motifs is 2. The summed E-state index contributed by atoms with van der Waals surface area (Å²) in [6, 6.07) is 25.6. The molecule has 5 aromatic rings. The number of carbonyl (C=O) groups excluding carboxylic acids is 1. The maximum Gasteiger partial charge on any atom is 0.243 e. The molecule has 2 heterocycles. The molecule has 0 saturated carbocycles. The first-order valence-corrected chi connectivity index (χ1v) is 18.3. The number of furan rings is 1. The summed E-state index contributed by atoms with van der Waals surface area (Å²) >= 11 is 0. The zero-order valence-corrected chi connectivity index (χ0v) is 34.5. The average molecular weight is 887 g/mol. The number of ketones is 1. The number of allylic oxidation sites excluding steroid dienone is 2. The normalized spacial score (nSPS) is 12.4. The molecule has 0 aliphatic carbocycles. The van der Waals surface area contributed by atoms with E-state index in [1.807, 2.05) is 70.2 Å². The monoisotopic (exact) mass is 887 g/mol. The predicted octanol–water partition coefficient (Wildman–Crippen LogP) is 13.1. The van der Waals surface area contributed by atoms with Crippen molar-refractivity contribution in [3.8, 4) is 22.6 Å². The first-order valence-electron chi connectivity index (χ1n) is 18.3. The molecule has 5 rings (SSSR count). The summed E-state index contributed by atoms with van der Waals surface area (Å²) in [4.78, 5) is 16.4. The van der Waals surface area contributed by atoms with Crippen LogP contribution in [0.2, 0.25) is 0 Å². The molecule has 1 radical (unpaired) electrons. The third-order valence-corrected chi connectivity index (χ3v) is 9.87. The Bertz CT molecular complexity index is 1960. The van der Waals surface area contributed by atoms with E-state index in [4.69, 9.17) is 4.42 Å². The van der Waals surface area contributed by atoms with Gasteiger partial charge >= 0.3 is 0 Å². The SMILES string of the molecule is CC(C)(C)c1cc(-c2cc(-c3cc4c(CC(C)(C)C(F)F)cccc4o3)ccn2)[c-]c2ccccc12.CCC(CC)C(=O)/C=C(\O)C(CC)CC.[Ir]. The van der Waals surface area contributed by atoms with Crippen molar-refractivity contribution < 1.29 is 43.2 Å². The van der Waals surface area contributed by atoms with Crippen LogP contribution in [0.4, 0.5) is 8.78 Å². The third kappa shape index (κ3) is 10.3. The van der Waals surface area contributed by atoms with Gasteiger partial charge in [-0.3, -0.25) is 9.78 Å². The van der Waals surface area contributed by atoms with Crippen molar-refractivity contribution in [3.05, 3.63) is 102 Å². The number of halogens is 2.